The van der Waals surface area contributed by atoms with Crippen LogP contribution in [-0.4, -0.2) is 12.0 Å². The number of amides is 1. The lowest BCUT2D eigenvalue weighted by atomic mass is 10.1. The van der Waals surface area contributed by atoms with Gasteiger partial charge in [0.05, 0.1) is 11.6 Å². The molecule has 2 aromatic carbocycles. The molecular weight excluding hydrogens is 347 g/mol. The highest BCUT2D eigenvalue weighted by atomic mass is 35.5. The first-order valence-electron chi connectivity index (χ1n) is 7.33. The third-order valence-corrected chi connectivity index (χ3v) is 4.03. The van der Waals surface area contributed by atoms with Crippen molar-refractivity contribution in [2.45, 2.75) is 26.0 Å². The van der Waals surface area contributed by atoms with Crippen molar-refractivity contribution in [1.82, 2.24) is 5.32 Å². The molecule has 0 aromatic heterocycles. The van der Waals surface area contributed by atoms with E-state index in [4.69, 9.17) is 33.2 Å². The van der Waals surface area contributed by atoms with Crippen LogP contribution in [0.25, 0.3) is 0 Å². The second kappa shape index (κ2) is 8.05. The smallest absolute Gasteiger partial charge is 0.261 e. The van der Waals surface area contributed by atoms with Gasteiger partial charge < -0.3 is 10.1 Å². The highest BCUT2D eigenvalue weighted by molar-refractivity contribution is 6.35. The van der Waals surface area contributed by atoms with E-state index in [0.29, 0.717) is 21.4 Å². The third kappa shape index (κ3) is 4.41. The Morgan fingerprint density at radius 3 is 2.58 bits per heavy atom. The molecule has 1 N–H and O–H groups in total. The Labute approximate surface area is 151 Å². The van der Waals surface area contributed by atoms with Gasteiger partial charge in [-0.25, -0.2) is 0 Å². The van der Waals surface area contributed by atoms with Gasteiger partial charge in [-0.1, -0.05) is 41.4 Å². The van der Waals surface area contributed by atoms with E-state index < -0.39 is 6.10 Å². The number of carbonyl (C=O) groups is 1. The average molecular weight is 363 g/mol. The largest absolute Gasteiger partial charge is 0.480 e. The van der Waals surface area contributed by atoms with Crippen LogP contribution in [0.15, 0.2) is 42.5 Å². The van der Waals surface area contributed by atoms with Crippen molar-refractivity contribution in [3.8, 4) is 11.8 Å². The second-order valence-electron chi connectivity index (χ2n) is 5.26. The van der Waals surface area contributed by atoms with Gasteiger partial charge in [-0.2, -0.15) is 5.26 Å². The first-order chi connectivity index (χ1) is 11.4. The summed E-state index contributed by atoms with van der Waals surface area (Å²) < 4.78 is 5.60. The summed E-state index contributed by atoms with van der Waals surface area (Å²) in [6.07, 6.45) is -0.756. The minimum atomic E-state index is -0.756. The molecule has 0 aliphatic rings. The zero-order valence-corrected chi connectivity index (χ0v) is 14.7. The van der Waals surface area contributed by atoms with Crippen LogP contribution in [0, 0.1) is 11.3 Å². The molecule has 0 aliphatic heterocycles. The predicted molar refractivity (Wildman–Crippen MR) is 94.3 cm³/mol. The van der Waals surface area contributed by atoms with E-state index in [9.17, 15) is 4.79 Å². The molecule has 0 aliphatic carbocycles. The molecule has 0 spiro atoms. The van der Waals surface area contributed by atoms with Crippen molar-refractivity contribution >= 4 is 29.1 Å². The first kappa shape index (κ1) is 18.1. The number of hydrogen-bond acceptors (Lipinski definition) is 3. The Hall–Kier alpha value is -2.22. The fourth-order valence-electron chi connectivity index (χ4n) is 2.17. The SMILES string of the molecule is CC(Oc1ccccc1C#N)C(=O)NC(C)c1ccc(Cl)cc1Cl. The van der Waals surface area contributed by atoms with Crippen LogP contribution >= 0.6 is 23.2 Å². The van der Waals surface area contributed by atoms with Crippen LogP contribution in [-0.2, 0) is 4.79 Å². The van der Waals surface area contributed by atoms with Crippen molar-refractivity contribution < 1.29 is 9.53 Å². The summed E-state index contributed by atoms with van der Waals surface area (Å²) in [4.78, 5) is 12.3. The first-order valence-corrected chi connectivity index (χ1v) is 8.09. The fourth-order valence-corrected chi connectivity index (χ4v) is 2.74. The Kier molecular flexibility index (Phi) is 6.08. The van der Waals surface area contributed by atoms with Crippen molar-refractivity contribution in [3.63, 3.8) is 0 Å². The molecule has 24 heavy (non-hydrogen) atoms. The number of halogens is 2. The van der Waals surface area contributed by atoms with E-state index >= 15 is 0 Å². The minimum Gasteiger partial charge on any atom is -0.480 e. The Morgan fingerprint density at radius 2 is 1.92 bits per heavy atom. The molecule has 0 radical (unpaired) electrons. The lowest BCUT2D eigenvalue weighted by molar-refractivity contribution is -0.127. The Bertz CT molecular complexity index is 787. The highest BCUT2D eigenvalue weighted by Gasteiger charge is 2.20. The third-order valence-electron chi connectivity index (χ3n) is 3.47. The number of nitrogens with zero attached hydrogens (tertiary/aromatic N) is 1. The number of carbonyl (C=O) groups excluding carboxylic acids is 1. The van der Waals surface area contributed by atoms with Crippen LogP contribution in [0.5, 0.6) is 5.75 Å². The van der Waals surface area contributed by atoms with Crippen molar-refractivity contribution in [2.24, 2.45) is 0 Å². The maximum atomic E-state index is 12.3. The molecule has 6 heteroatoms. The van der Waals surface area contributed by atoms with Gasteiger partial charge in [-0.15, -0.1) is 0 Å². The van der Waals surface area contributed by atoms with Gasteiger partial charge in [0, 0.05) is 10.0 Å². The van der Waals surface area contributed by atoms with Crippen LogP contribution in [0.4, 0.5) is 0 Å². The normalized spacial score (nSPS) is 12.8. The zero-order valence-electron chi connectivity index (χ0n) is 13.2. The topological polar surface area (TPSA) is 62.1 Å². The maximum absolute atomic E-state index is 12.3. The molecule has 2 rings (SSSR count). The Balaban J connectivity index is 2.04. The summed E-state index contributed by atoms with van der Waals surface area (Å²) in [5, 5.41) is 12.9. The quantitative estimate of drug-likeness (QED) is 0.850. The number of rotatable bonds is 5. The van der Waals surface area contributed by atoms with Crippen LogP contribution in [0.1, 0.15) is 31.0 Å². The van der Waals surface area contributed by atoms with Gasteiger partial charge >= 0.3 is 0 Å². The van der Waals surface area contributed by atoms with Crippen molar-refractivity contribution in [1.29, 1.82) is 5.26 Å². The molecule has 2 atom stereocenters. The lowest BCUT2D eigenvalue weighted by Crippen LogP contribution is -2.38. The molecular formula is C18H16Cl2N2O2. The number of hydrogen-bond donors (Lipinski definition) is 1. The van der Waals surface area contributed by atoms with E-state index in [-0.39, 0.29) is 11.9 Å². The number of nitrogens with one attached hydrogen (secondary N) is 1. The Morgan fingerprint density at radius 1 is 1.21 bits per heavy atom. The summed E-state index contributed by atoms with van der Waals surface area (Å²) in [7, 11) is 0. The molecule has 124 valence electrons. The summed E-state index contributed by atoms with van der Waals surface area (Å²) in [5.41, 5.74) is 1.14. The molecule has 0 saturated heterocycles. The number of nitriles is 1. The summed E-state index contributed by atoms with van der Waals surface area (Å²) in [6, 6.07) is 13.6. The van der Waals surface area contributed by atoms with E-state index in [2.05, 4.69) is 5.32 Å². The molecule has 0 fully saturated rings. The highest BCUT2D eigenvalue weighted by Crippen LogP contribution is 2.26. The summed E-state index contributed by atoms with van der Waals surface area (Å²) in [6.45, 7) is 3.45. The number of benzene rings is 2. The predicted octanol–water partition coefficient (Wildman–Crippen LogP) is 4.51. The average Bonchev–Trinajstić information content (AvgIpc) is 2.55. The van der Waals surface area contributed by atoms with Crippen molar-refractivity contribution in [2.75, 3.05) is 0 Å². The van der Waals surface area contributed by atoms with Crippen LogP contribution < -0.4 is 10.1 Å². The summed E-state index contributed by atoms with van der Waals surface area (Å²) >= 11 is 12.0. The maximum Gasteiger partial charge on any atom is 0.261 e. The number of ether oxygens (including phenoxy) is 1. The van der Waals surface area contributed by atoms with Gasteiger partial charge in [0.25, 0.3) is 5.91 Å². The van der Waals surface area contributed by atoms with E-state index in [1.807, 2.05) is 13.0 Å². The van der Waals surface area contributed by atoms with Crippen LogP contribution in [0.3, 0.4) is 0 Å². The molecule has 2 unspecified atom stereocenters. The molecule has 0 heterocycles. The molecule has 2 aromatic rings. The van der Waals surface area contributed by atoms with E-state index in [0.717, 1.165) is 5.56 Å². The van der Waals surface area contributed by atoms with Crippen LogP contribution in [0.2, 0.25) is 10.0 Å². The zero-order chi connectivity index (χ0) is 17.7. The number of para-hydroxylation sites is 1. The molecule has 0 bridgehead atoms. The standard InChI is InChI=1S/C18H16Cl2N2O2/c1-11(15-8-7-14(19)9-16(15)20)22-18(23)12(2)24-17-6-4-3-5-13(17)10-21/h3-9,11-12H,1-2H3,(H,22,23). The van der Waals surface area contributed by atoms with Crippen molar-refractivity contribution in [3.05, 3.63) is 63.6 Å². The molecule has 1 amide bonds. The summed E-state index contributed by atoms with van der Waals surface area (Å²) in [5.74, 6) is 0.0705. The minimum absolute atomic E-state index is 0.304. The van der Waals surface area contributed by atoms with Gasteiger partial charge in [0.1, 0.15) is 11.8 Å². The van der Waals surface area contributed by atoms with Gasteiger partial charge in [-0.05, 0) is 43.7 Å². The lowest BCUT2D eigenvalue weighted by Gasteiger charge is -2.20. The fraction of sp³-hybridized carbons (Fsp3) is 0.222. The monoisotopic (exact) mass is 362 g/mol. The molecule has 0 saturated carbocycles. The van der Waals surface area contributed by atoms with E-state index in [1.54, 1.807) is 49.4 Å². The van der Waals surface area contributed by atoms with Gasteiger partial charge in [-0.3, -0.25) is 4.79 Å². The van der Waals surface area contributed by atoms with E-state index in [1.165, 1.54) is 0 Å². The molecule has 4 nitrogen and oxygen atoms in total. The second-order valence-corrected chi connectivity index (χ2v) is 6.11. The van der Waals surface area contributed by atoms with Gasteiger partial charge in [0.15, 0.2) is 6.10 Å². The van der Waals surface area contributed by atoms with Gasteiger partial charge in [0.2, 0.25) is 0 Å².